The van der Waals surface area contributed by atoms with Gasteiger partial charge < -0.3 is 9.84 Å². The molecule has 1 aromatic rings. The number of carbonyl (C=O) groups is 1. The topological polar surface area (TPSA) is 46.5 Å². The van der Waals surface area contributed by atoms with Crippen molar-refractivity contribution in [3.05, 3.63) is 35.1 Å². The fourth-order valence-corrected chi connectivity index (χ4v) is 1.53. The van der Waals surface area contributed by atoms with Gasteiger partial charge in [0.2, 0.25) is 0 Å². The number of alkyl halides is 3. The number of ether oxygens (including phenoxy) is 1. The van der Waals surface area contributed by atoms with Crippen LogP contribution >= 0.6 is 0 Å². The SMILES string of the molecule is CCCOC(C(=O)O)c1ccc(F)cc1C(F)(F)F. The molecule has 0 radical (unpaired) electrons. The van der Waals surface area contributed by atoms with Gasteiger partial charge in [-0.1, -0.05) is 13.0 Å². The summed E-state index contributed by atoms with van der Waals surface area (Å²) in [5.74, 6) is -2.64. The summed E-state index contributed by atoms with van der Waals surface area (Å²) in [5.41, 5.74) is -1.94. The summed E-state index contributed by atoms with van der Waals surface area (Å²) >= 11 is 0. The van der Waals surface area contributed by atoms with Crippen LogP contribution in [-0.4, -0.2) is 17.7 Å². The Balaban J connectivity index is 3.26. The minimum Gasteiger partial charge on any atom is -0.479 e. The predicted molar refractivity (Wildman–Crippen MR) is 58.0 cm³/mol. The van der Waals surface area contributed by atoms with Gasteiger partial charge >= 0.3 is 12.1 Å². The molecule has 0 spiro atoms. The highest BCUT2D eigenvalue weighted by molar-refractivity contribution is 5.75. The third-order valence-corrected chi connectivity index (χ3v) is 2.32. The average Bonchev–Trinajstić information content (AvgIpc) is 2.29. The highest BCUT2D eigenvalue weighted by atomic mass is 19.4. The fourth-order valence-electron chi connectivity index (χ4n) is 1.53. The molecule has 0 aromatic heterocycles. The normalized spacial score (nSPS) is 13.3. The highest BCUT2D eigenvalue weighted by Crippen LogP contribution is 2.36. The molecule has 1 aromatic carbocycles. The van der Waals surface area contributed by atoms with Crippen molar-refractivity contribution in [1.82, 2.24) is 0 Å². The quantitative estimate of drug-likeness (QED) is 0.841. The van der Waals surface area contributed by atoms with Gasteiger partial charge in [-0.15, -0.1) is 0 Å². The van der Waals surface area contributed by atoms with E-state index in [1.54, 1.807) is 6.92 Å². The molecule has 0 aliphatic carbocycles. The summed E-state index contributed by atoms with van der Waals surface area (Å²) in [5, 5.41) is 8.93. The van der Waals surface area contributed by atoms with Gasteiger partial charge in [-0.05, 0) is 18.6 Å². The van der Waals surface area contributed by atoms with E-state index >= 15 is 0 Å². The molecule has 0 heterocycles. The van der Waals surface area contributed by atoms with E-state index in [0.717, 1.165) is 12.1 Å². The van der Waals surface area contributed by atoms with Crippen molar-refractivity contribution in [3.63, 3.8) is 0 Å². The lowest BCUT2D eigenvalue weighted by Gasteiger charge is -2.18. The number of aliphatic carboxylic acids is 1. The number of carboxylic acid groups (broad SMARTS) is 1. The van der Waals surface area contributed by atoms with Gasteiger partial charge in [0.1, 0.15) is 5.82 Å². The maximum atomic E-state index is 12.9. The zero-order valence-corrected chi connectivity index (χ0v) is 10.00. The highest BCUT2D eigenvalue weighted by Gasteiger charge is 2.37. The molecular weight excluding hydrogens is 268 g/mol. The fraction of sp³-hybridized carbons (Fsp3) is 0.417. The van der Waals surface area contributed by atoms with Gasteiger partial charge in [0.05, 0.1) is 5.56 Å². The number of hydrogen-bond donors (Lipinski definition) is 1. The van der Waals surface area contributed by atoms with E-state index in [9.17, 15) is 22.4 Å². The Morgan fingerprint density at radius 1 is 1.42 bits per heavy atom. The van der Waals surface area contributed by atoms with Gasteiger partial charge in [-0.2, -0.15) is 13.2 Å². The Bertz CT molecular complexity index is 457. The Labute approximate surface area is 106 Å². The molecule has 3 nitrogen and oxygen atoms in total. The van der Waals surface area contributed by atoms with Crippen molar-refractivity contribution < 1.29 is 32.2 Å². The second kappa shape index (κ2) is 6.01. The second-order valence-corrected chi connectivity index (χ2v) is 3.82. The van der Waals surface area contributed by atoms with E-state index in [4.69, 9.17) is 9.84 Å². The zero-order chi connectivity index (χ0) is 14.6. The first kappa shape index (κ1) is 15.4. The molecule has 7 heteroatoms. The van der Waals surface area contributed by atoms with E-state index in [1.165, 1.54) is 0 Å². The third kappa shape index (κ3) is 3.92. The number of carboxylic acids is 1. The van der Waals surface area contributed by atoms with Crippen molar-refractivity contribution >= 4 is 5.97 Å². The van der Waals surface area contributed by atoms with Crippen molar-refractivity contribution in [1.29, 1.82) is 0 Å². The lowest BCUT2D eigenvalue weighted by atomic mass is 10.0. The molecule has 0 aliphatic rings. The monoisotopic (exact) mass is 280 g/mol. The van der Waals surface area contributed by atoms with Crippen molar-refractivity contribution in [2.45, 2.75) is 25.6 Å². The molecule has 0 saturated carbocycles. The summed E-state index contributed by atoms with van der Waals surface area (Å²) in [7, 11) is 0. The molecular formula is C12H12F4O3. The first-order valence-electron chi connectivity index (χ1n) is 5.48. The lowest BCUT2D eigenvalue weighted by Crippen LogP contribution is -2.21. The average molecular weight is 280 g/mol. The Hall–Kier alpha value is -1.63. The molecule has 1 unspecified atom stereocenters. The van der Waals surface area contributed by atoms with Crippen LogP contribution in [0.5, 0.6) is 0 Å². The second-order valence-electron chi connectivity index (χ2n) is 3.82. The smallest absolute Gasteiger partial charge is 0.416 e. The summed E-state index contributed by atoms with van der Waals surface area (Å²) < 4.78 is 56.1. The zero-order valence-electron chi connectivity index (χ0n) is 10.00. The molecule has 0 saturated heterocycles. The maximum absolute atomic E-state index is 12.9. The van der Waals surface area contributed by atoms with E-state index in [2.05, 4.69) is 0 Å². The number of benzene rings is 1. The first-order valence-corrected chi connectivity index (χ1v) is 5.48. The van der Waals surface area contributed by atoms with Crippen LogP contribution in [0.15, 0.2) is 18.2 Å². The summed E-state index contributed by atoms with van der Waals surface area (Å²) in [6, 6.07) is 1.82. The molecule has 19 heavy (non-hydrogen) atoms. The Morgan fingerprint density at radius 2 is 2.05 bits per heavy atom. The molecule has 1 rings (SSSR count). The molecule has 0 fully saturated rings. The summed E-state index contributed by atoms with van der Waals surface area (Å²) in [4.78, 5) is 11.0. The van der Waals surface area contributed by atoms with Gasteiger partial charge in [0.25, 0.3) is 0 Å². The van der Waals surface area contributed by atoms with E-state index in [-0.39, 0.29) is 12.7 Å². The lowest BCUT2D eigenvalue weighted by molar-refractivity contribution is -0.153. The van der Waals surface area contributed by atoms with E-state index in [0.29, 0.717) is 6.42 Å². The standard InChI is InChI=1S/C12H12F4O3/c1-2-5-19-10(11(17)18)8-4-3-7(13)6-9(8)12(14,15)16/h3-4,6,10H,2,5H2,1H3,(H,17,18). The van der Waals surface area contributed by atoms with Crippen LogP contribution < -0.4 is 0 Å². The first-order chi connectivity index (χ1) is 8.77. The number of halogens is 4. The number of rotatable bonds is 5. The van der Waals surface area contributed by atoms with Crippen LogP contribution in [0.25, 0.3) is 0 Å². The predicted octanol–water partition coefficient (Wildman–Crippen LogP) is 3.40. The summed E-state index contributed by atoms with van der Waals surface area (Å²) in [6.07, 6.45) is -6.16. The van der Waals surface area contributed by atoms with Gasteiger partial charge in [0.15, 0.2) is 6.10 Å². The van der Waals surface area contributed by atoms with Crippen molar-refractivity contribution in [2.75, 3.05) is 6.61 Å². The molecule has 106 valence electrons. The maximum Gasteiger partial charge on any atom is 0.416 e. The van der Waals surface area contributed by atoms with Crippen molar-refractivity contribution in [2.24, 2.45) is 0 Å². The molecule has 0 amide bonds. The van der Waals surface area contributed by atoms with Crippen molar-refractivity contribution in [3.8, 4) is 0 Å². The third-order valence-electron chi connectivity index (χ3n) is 2.32. The molecule has 1 atom stereocenters. The van der Waals surface area contributed by atoms with Crippen LogP contribution in [-0.2, 0) is 15.7 Å². The summed E-state index contributed by atoms with van der Waals surface area (Å²) in [6.45, 7) is 1.68. The van der Waals surface area contributed by atoms with Crippen LogP contribution in [0.4, 0.5) is 17.6 Å². The molecule has 0 aliphatic heterocycles. The minimum atomic E-state index is -4.85. The number of hydrogen-bond acceptors (Lipinski definition) is 2. The van der Waals surface area contributed by atoms with Crippen LogP contribution in [0.2, 0.25) is 0 Å². The minimum absolute atomic E-state index is 0.00829. The van der Waals surface area contributed by atoms with Crippen LogP contribution in [0, 0.1) is 5.82 Å². The largest absolute Gasteiger partial charge is 0.479 e. The molecule has 1 N–H and O–H groups in total. The Morgan fingerprint density at radius 3 is 2.53 bits per heavy atom. The van der Waals surface area contributed by atoms with E-state index < -0.39 is 35.2 Å². The van der Waals surface area contributed by atoms with Crippen LogP contribution in [0.3, 0.4) is 0 Å². The Kier molecular flexibility index (Phi) is 4.88. The van der Waals surface area contributed by atoms with Gasteiger partial charge in [0, 0.05) is 12.2 Å². The van der Waals surface area contributed by atoms with Gasteiger partial charge in [-0.3, -0.25) is 0 Å². The van der Waals surface area contributed by atoms with E-state index in [1.807, 2.05) is 0 Å². The van der Waals surface area contributed by atoms with Gasteiger partial charge in [-0.25, -0.2) is 9.18 Å². The van der Waals surface area contributed by atoms with Crippen LogP contribution in [0.1, 0.15) is 30.6 Å². The molecule has 0 bridgehead atoms.